The van der Waals surface area contributed by atoms with Gasteiger partial charge in [-0.3, -0.25) is 4.79 Å². The van der Waals surface area contributed by atoms with Gasteiger partial charge in [-0.15, -0.1) is 0 Å². The van der Waals surface area contributed by atoms with Crippen LogP contribution in [0.25, 0.3) is 0 Å². The molecule has 32 heavy (non-hydrogen) atoms. The maximum absolute atomic E-state index is 12.5. The molecule has 1 N–H and O–H groups in total. The molecule has 0 bridgehead atoms. The van der Waals surface area contributed by atoms with Gasteiger partial charge in [0.25, 0.3) is 5.91 Å². The topological polar surface area (TPSA) is 97.4 Å². The van der Waals surface area contributed by atoms with E-state index in [0.29, 0.717) is 34.4 Å². The number of aromatic nitrogens is 1. The van der Waals surface area contributed by atoms with Crippen LogP contribution in [-0.4, -0.2) is 10.9 Å². The van der Waals surface area contributed by atoms with Crippen molar-refractivity contribution in [1.29, 1.82) is 5.26 Å². The first-order chi connectivity index (χ1) is 15.6. The van der Waals surface area contributed by atoms with E-state index in [-0.39, 0.29) is 18.3 Å². The number of rotatable bonds is 7. The van der Waals surface area contributed by atoms with Gasteiger partial charge in [-0.2, -0.15) is 5.26 Å². The molecule has 2 heterocycles. The second-order valence-corrected chi connectivity index (χ2v) is 6.95. The summed E-state index contributed by atoms with van der Waals surface area (Å²) in [5, 5.41) is 11.6. The Bertz CT molecular complexity index is 1240. The molecule has 0 fully saturated rings. The number of benzene rings is 2. The molecular formula is C25H19N3O4. The number of aryl methyl sites for hydroxylation is 1. The molecular weight excluding hydrogens is 406 g/mol. The highest BCUT2D eigenvalue weighted by molar-refractivity contribution is 6.02. The fraction of sp³-hybridized carbons (Fsp3) is 0.0800. The first-order valence-electron chi connectivity index (χ1n) is 9.83. The van der Waals surface area contributed by atoms with E-state index in [2.05, 4.69) is 16.4 Å². The summed E-state index contributed by atoms with van der Waals surface area (Å²) in [5.41, 5.74) is 2.21. The number of amides is 1. The van der Waals surface area contributed by atoms with Crippen LogP contribution in [0.3, 0.4) is 0 Å². The normalized spacial score (nSPS) is 10.2. The van der Waals surface area contributed by atoms with Gasteiger partial charge in [0.05, 0.1) is 11.6 Å². The third-order valence-electron chi connectivity index (χ3n) is 4.47. The van der Waals surface area contributed by atoms with Crippen LogP contribution in [0.15, 0.2) is 83.4 Å². The smallest absolute Gasteiger partial charge is 0.291 e. The molecule has 0 unspecified atom stereocenters. The number of nitrogens with one attached hydrogen (secondary N) is 1. The van der Waals surface area contributed by atoms with Gasteiger partial charge >= 0.3 is 0 Å². The molecule has 0 saturated carbocycles. The Kier molecular flexibility index (Phi) is 6.14. The molecule has 7 heteroatoms. The molecule has 2 aromatic heterocycles. The van der Waals surface area contributed by atoms with E-state index in [4.69, 9.17) is 19.2 Å². The van der Waals surface area contributed by atoms with Crippen LogP contribution < -0.4 is 14.8 Å². The molecule has 1 amide bonds. The monoisotopic (exact) mass is 425 g/mol. The molecule has 0 saturated heterocycles. The number of ether oxygens (including phenoxy) is 2. The van der Waals surface area contributed by atoms with Gasteiger partial charge < -0.3 is 19.2 Å². The number of pyridine rings is 1. The molecule has 0 aliphatic carbocycles. The van der Waals surface area contributed by atoms with Crippen molar-refractivity contribution in [2.24, 2.45) is 0 Å². The summed E-state index contributed by atoms with van der Waals surface area (Å²) in [7, 11) is 0. The minimum atomic E-state index is -0.372. The lowest BCUT2D eigenvalue weighted by Gasteiger charge is -2.07. The van der Waals surface area contributed by atoms with Crippen LogP contribution >= 0.6 is 0 Å². The van der Waals surface area contributed by atoms with Gasteiger partial charge in [-0.05, 0) is 73.2 Å². The third kappa shape index (κ3) is 5.32. The number of anilines is 1. The summed E-state index contributed by atoms with van der Waals surface area (Å²) >= 11 is 0. The van der Waals surface area contributed by atoms with Crippen molar-refractivity contribution in [2.75, 3.05) is 5.32 Å². The molecule has 158 valence electrons. The zero-order chi connectivity index (χ0) is 22.3. The number of carbonyl (C=O) groups excluding carboxylic acids is 1. The lowest BCUT2D eigenvalue weighted by molar-refractivity contribution is 0.0992. The molecule has 7 nitrogen and oxygen atoms in total. The first-order valence-corrected chi connectivity index (χ1v) is 9.83. The highest BCUT2D eigenvalue weighted by Gasteiger charge is 2.12. The molecule has 0 aliphatic heterocycles. The molecule has 4 aromatic rings. The van der Waals surface area contributed by atoms with Gasteiger partial charge in [-0.25, -0.2) is 4.98 Å². The van der Waals surface area contributed by atoms with E-state index in [1.165, 1.54) is 0 Å². The second kappa shape index (κ2) is 9.49. The van der Waals surface area contributed by atoms with Crippen LogP contribution in [0.5, 0.6) is 17.4 Å². The van der Waals surface area contributed by atoms with E-state index in [1.807, 2.05) is 13.0 Å². The summed E-state index contributed by atoms with van der Waals surface area (Å²) in [6, 6.07) is 22.8. The summed E-state index contributed by atoms with van der Waals surface area (Å²) in [6.45, 7) is 2.12. The van der Waals surface area contributed by atoms with Crippen LogP contribution in [0.2, 0.25) is 0 Å². The molecule has 0 atom stereocenters. The van der Waals surface area contributed by atoms with Crippen molar-refractivity contribution in [3.63, 3.8) is 0 Å². The lowest BCUT2D eigenvalue weighted by atomic mass is 10.2. The van der Waals surface area contributed by atoms with Crippen molar-refractivity contribution in [2.45, 2.75) is 13.5 Å². The Morgan fingerprint density at radius 2 is 1.75 bits per heavy atom. The summed E-state index contributed by atoms with van der Waals surface area (Å²) < 4.78 is 16.9. The number of carbonyl (C=O) groups is 1. The fourth-order valence-corrected chi connectivity index (χ4v) is 2.79. The van der Waals surface area contributed by atoms with E-state index in [1.54, 1.807) is 72.9 Å². The van der Waals surface area contributed by atoms with Crippen LogP contribution in [0, 0.1) is 18.3 Å². The maximum atomic E-state index is 12.5. The first kappa shape index (κ1) is 20.7. The predicted molar refractivity (Wildman–Crippen MR) is 118 cm³/mol. The predicted octanol–water partition coefficient (Wildman–Crippen LogP) is 5.48. The molecule has 0 radical (unpaired) electrons. The lowest BCUT2D eigenvalue weighted by Crippen LogP contribution is -2.10. The highest BCUT2D eigenvalue weighted by atomic mass is 16.5. The SMILES string of the molecule is Cc1ccc(Oc2ccc(NC(=O)c3ccc(COc4ccc(C#N)cc4)o3)cc2)nc1. The average molecular weight is 425 g/mol. The van der Waals surface area contributed by atoms with Gasteiger partial charge in [0.15, 0.2) is 5.76 Å². The van der Waals surface area contributed by atoms with Crippen LogP contribution in [-0.2, 0) is 6.61 Å². The van der Waals surface area contributed by atoms with Gasteiger partial charge in [0.1, 0.15) is 23.9 Å². The van der Waals surface area contributed by atoms with Crippen LogP contribution in [0.1, 0.15) is 27.4 Å². The number of hydrogen-bond acceptors (Lipinski definition) is 6. The standard InChI is InChI=1S/C25H19N3O4/c1-17-2-13-24(27-15-17)32-21-9-5-19(6-10-21)28-25(29)23-12-11-22(31-23)16-30-20-7-3-18(14-26)4-8-20/h2-13,15H,16H2,1H3,(H,28,29). The molecule has 0 aliphatic rings. The largest absolute Gasteiger partial charge is 0.486 e. The fourth-order valence-electron chi connectivity index (χ4n) is 2.79. The summed E-state index contributed by atoms with van der Waals surface area (Å²) in [4.78, 5) is 16.7. The number of furan rings is 1. The van der Waals surface area contributed by atoms with Crippen molar-refractivity contribution < 1.29 is 18.7 Å². The van der Waals surface area contributed by atoms with Crippen molar-refractivity contribution in [3.8, 4) is 23.4 Å². The Hall–Kier alpha value is -4.57. The van der Waals surface area contributed by atoms with Crippen molar-refractivity contribution in [3.05, 3.63) is 102 Å². The maximum Gasteiger partial charge on any atom is 0.291 e. The van der Waals surface area contributed by atoms with E-state index < -0.39 is 0 Å². The average Bonchev–Trinajstić information content (AvgIpc) is 3.30. The second-order valence-electron chi connectivity index (χ2n) is 6.95. The Labute approximate surface area is 184 Å². The summed E-state index contributed by atoms with van der Waals surface area (Å²) in [6.07, 6.45) is 1.73. The zero-order valence-corrected chi connectivity index (χ0v) is 17.2. The van der Waals surface area contributed by atoms with Gasteiger partial charge in [0.2, 0.25) is 5.88 Å². The van der Waals surface area contributed by atoms with Gasteiger partial charge in [0, 0.05) is 18.0 Å². The van der Waals surface area contributed by atoms with E-state index >= 15 is 0 Å². The highest BCUT2D eigenvalue weighted by Crippen LogP contribution is 2.22. The summed E-state index contributed by atoms with van der Waals surface area (Å²) in [5.74, 6) is 2.03. The molecule has 0 spiro atoms. The number of hydrogen-bond donors (Lipinski definition) is 1. The molecule has 2 aromatic carbocycles. The molecule has 4 rings (SSSR count). The number of nitrogens with zero attached hydrogens (tertiary/aromatic N) is 2. The zero-order valence-electron chi connectivity index (χ0n) is 17.2. The van der Waals surface area contributed by atoms with Crippen molar-refractivity contribution >= 4 is 11.6 Å². The third-order valence-corrected chi connectivity index (χ3v) is 4.47. The van der Waals surface area contributed by atoms with E-state index in [9.17, 15) is 4.79 Å². The minimum absolute atomic E-state index is 0.165. The quantitative estimate of drug-likeness (QED) is 0.421. The Morgan fingerprint density at radius 3 is 2.44 bits per heavy atom. The van der Waals surface area contributed by atoms with Crippen LogP contribution in [0.4, 0.5) is 5.69 Å². The Morgan fingerprint density at radius 1 is 1.00 bits per heavy atom. The van der Waals surface area contributed by atoms with Gasteiger partial charge in [-0.1, -0.05) is 6.07 Å². The minimum Gasteiger partial charge on any atom is -0.486 e. The number of nitriles is 1. The van der Waals surface area contributed by atoms with Crippen molar-refractivity contribution in [1.82, 2.24) is 4.98 Å². The Balaban J connectivity index is 1.31. The van der Waals surface area contributed by atoms with E-state index in [0.717, 1.165) is 5.56 Å².